The van der Waals surface area contributed by atoms with Gasteiger partial charge in [-0.3, -0.25) is 4.79 Å². The Morgan fingerprint density at radius 1 is 1.02 bits per heavy atom. The number of ether oxygens (including phenoxy) is 1. The Morgan fingerprint density at radius 2 is 1.83 bits per heavy atom. The Morgan fingerprint density at radius 3 is 2.54 bits per heavy atom. The van der Waals surface area contributed by atoms with Crippen molar-refractivity contribution in [2.75, 3.05) is 26.2 Å². The Balaban J connectivity index is 1.39. The van der Waals surface area contributed by atoms with Gasteiger partial charge in [-0.1, -0.05) is 36.4 Å². The summed E-state index contributed by atoms with van der Waals surface area (Å²) < 4.78 is 61.8. The van der Waals surface area contributed by atoms with Crippen molar-refractivity contribution in [3.8, 4) is 5.88 Å². The van der Waals surface area contributed by atoms with E-state index in [1.165, 1.54) is 12.4 Å². The number of hydrogen-bond donors (Lipinski definition) is 3. The molecule has 10 heteroatoms. The molecule has 0 aliphatic carbocycles. The normalized spacial score (nSPS) is 16.1. The predicted molar refractivity (Wildman–Crippen MR) is 150 cm³/mol. The third kappa shape index (κ3) is 7.13. The fraction of sp³-hybridized carbons (Fsp3) is 0.290. The molecule has 0 bridgehead atoms. The molecule has 0 saturated carbocycles. The van der Waals surface area contributed by atoms with Gasteiger partial charge in [0.1, 0.15) is 12.4 Å². The summed E-state index contributed by atoms with van der Waals surface area (Å²) in [6.45, 7) is 2.30. The third-order valence-electron chi connectivity index (χ3n) is 7.11. The second-order valence-electron chi connectivity index (χ2n) is 9.96. The topological polar surface area (TPSA) is 79.0 Å². The highest BCUT2D eigenvalue weighted by Gasteiger charge is 2.32. The van der Waals surface area contributed by atoms with E-state index in [-0.39, 0.29) is 22.8 Å². The van der Waals surface area contributed by atoms with E-state index in [0.29, 0.717) is 53.4 Å². The van der Waals surface area contributed by atoms with Gasteiger partial charge in [-0.25, -0.2) is 9.37 Å². The molecular weight excluding hydrogens is 536 g/mol. The average Bonchev–Trinajstić information content (AvgIpc) is 3.55. The lowest BCUT2D eigenvalue weighted by Gasteiger charge is -2.19. The summed E-state index contributed by atoms with van der Waals surface area (Å²) in [5, 5.41) is 6.36. The van der Waals surface area contributed by atoms with Crippen LogP contribution in [0.15, 0.2) is 73.1 Å². The molecule has 6 nitrogen and oxygen atoms in total. The number of alkyl halides is 3. The van der Waals surface area contributed by atoms with Crippen LogP contribution in [0.1, 0.15) is 36.0 Å². The molecule has 5 rings (SSSR count). The van der Waals surface area contributed by atoms with Crippen molar-refractivity contribution in [2.24, 2.45) is 5.92 Å². The minimum absolute atomic E-state index is 0.0486. The monoisotopic (exact) mass is 566 g/mol. The van der Waals surface area contributed by atoms with Crippen molar-refractivity contribution in [1.82, 2.24) is 20.6 Å². The van der Waals surface area contributed by atoms with E-state index >= 15 is 0 Å². The summed E-state index contributed by atoms with van der Waals surface area (Å²) in [7, 11) is 0. The van der Waals surface area contributed by atoms with Crippen molar-refractivity contribution in [1.29, 1.82) is 0 Å². The number of H-pyrrole nitrogens is 1. The Bertz CT molecular complexity index is 1510. The van der Waals surface area contributed by atoms with Gasteiger partial charge in [0.05, 0.1) is 6.42 Å². The molecule has 4 aromatic rings. The summed E-state index contributed by atoms with van der Waals surface area (Å²) in [6.07, 6.45) is -1.34. The molecule has 1 atom stereocenters. The smallest absolute Gasteiger partial charge is 0.393 e. The zero-order valence-electron chi connectivity index (χ0n) is 22.2. The molecule has 41 heavy (non-hydrogen) atoms. The van der Waals surface area contributed by atoms with Crippen LogP contribution in [0.5, 0.6) is 5.88 Å². The summed E-state index contributed by atoms with van der Waals surface area (Å²) in [5.41, 5.74) is 2.22. The predicted octanol–water partition coefficient (Wildman–Crippen LogP) is 6.11. The molecule has 0 radical (unpaired) electrons. The van der Waals surface area contributed by atoms with Crippen molar-refractivity contribution in [3.63, 3.8) is 0 Å². The maximum Gasteiger partial charge on any atom is 0.393 e. The summed E-state index contributed by atoms with van der Waals surface area (Å²) in [4.78, 5) is 18.8. The lowest BCUT2D eigenvalue weighted by Crippen LogP contribution is -2.26. The number of halogens is 4. The molecule has 1 aliphatic rings. The molecule has 1 fully saturated rings. The van der Waals surface area contributed by atoms with Crippen LogP contribution < -0.4 is 15.4 Å². The van der Waals surface area contributed by atoms with Crippen LogP contribution in [0, 0.1) is 11.7 Å². The number of benzene rings is 2. The Hall–Kier alpha value is -4.18. The Kier molecular flexibility index (Phi) is 8.68. The van der Waals surface area contributed by atoms with Crippen LogP contribution in [0.2, 0.25) is 0 Å². The van der Waals surface area contributed by atoms with Gasteiger partial charge >= 0.3 is 6.18 Å². The number of fused-ring (bicyclic) bond motifs is 1. The van der Waals surface area contributed by atoms with Crippen LogP contribution in [0.25, 0.3) is 22.0 Å². The second kappa shape index (κ2) is 12.6. The van der Waals surface area contributed by atoms with E-state index in [0.717, 1.165) is 19.4 Å². The minimum Gasteiger partial charge on any atom is -0.476 e. The molecule has 1 amide bonds. The van der Waals surface area contributed by atoms with E-state index in [2.05, 4.69) is 20.6 Å². The van der Waals surface area contributed by atoms with Gasteiger partial charge in [0.25, 0.3) is 0 Å². The molecule has 3 N–H and O–H groups in total. The van der Waals surface area contributed by atoms with Crippen molar-refractivity contribution < 1.29 is 27.1 Å². The molecule has 1 aliphatic heterocycles. The van der Waals surface area contributed by atoms with Crippen LogP contribution in [-0.4, -0.2) is 48.3 Å². The van der Waals surface area contributed by atoms with Crippen LogP contribution >= 0.6 is 0 Å². The van der Waals surface area contributed by atoms with Gasteiger partial charge in [-0.05, 0) is 59.9 Å². The van der Waals surface area contributed by atoms with Crippen molar-refractivity contribution in [3.05, 3.63) is 95.6 Å². The van der Waals surface area contributed by atoms with E-state index in [1.54, 1.807) is 60.7 Å². The van der Waals surface area contributed by atoms with Gasteiger partial charge in [0.2, 0.25) is 11.8 Å². The SMILES string of the molecule is O=C1NCCC1CCNCCOc1ccc(C(=C(CC(F)(F)F)c2ccccc2)c2ccc3[nH]cc(F)c3c2)cn1. The number of hydrogen-bond acceptors (Lipinski definition) is 4. The number of carbonyl (C=O) groups excluding carboxylic acids is 1. The number of carbonyl (C=O) groups is 1. The third-order valence-corrected chi connectivity index (χ3v) is 7.11. The molecule has 1 unspecified atom stereocenters. The highest BCUT2D eigenvalue weighted by molar-refractivity contribution is 6.00. The number of rotatable bonds is 11. The summed E-state index contributed by atoms with van der Waals surface area (Å²) in [5.74, 6) is -0.00780. The lowest BCUT2D eigenvalue weighted by molar-refractivity contribution is -0.123. The lowest BCUT2D eigenvalue weighted by atomic mass is 9.88. The summed E-state index contributed by atoms with van der Waals surface area (Å²) in [6, 6.07) is 16.5. The number of nitrogens with one attached hydrogen (secondary N) is 3. The first-order valence-electron chi connectivity index (χ1n) is 13.5. The highest BCUT2D eigenvalue weighted by Crippen LogP contribution is 2.40. The maximum atomic E-state index is 14.5. The fourth-order valence-electron chi connectivity index (χ4n) is 5.09. The molecule has 2 aromatic carbocycles. The van der Waals surface area contributed by atoms with Gasteiger partial charge in [-0.15, -0.1) is 0 Å². The number of allylic oxidation sites excluding steroid dienone is 1. The quantitative estimate of drug-likeness (QED) is 0.116. The number of pyridine rings is 1. The van der Waals surface area contributed by atoms with Gasteiger partial charge in [0, 0.05) is 53.9 Å². The van der Waals surface area contributed by atoms with Gasteiger partial charge < -0.3 is 20.4 Å². The Labute approximate surface area is 234 Å². The van der Waals surface area contributed by atoms with Gasteiger partial charge in [-0.2, -0.15) is 13.2 Å². The molecule has 214 valence electrons. The van der Waals surface area contributed by atoms with E-state index in [9.17, 15) is 22.4 Å². The molecule has 3 heterocycles. The van der Waals surface area contributed by atoms with Crippen molar-refractivity contribution >= 4 is 28.0 Å². The van der Waals surface area contributed by atoms with Gasteiger partial charge in [0.15, 0.2) is 0 Å². The maximum absolute atomic E-state index is 14.5. The van der Waals surface area contributed by atoms with Crippen LogP contribution in [0.4, 0.5) is 17.6 Å². The number of nitrogens with zero attached hydrogens (tertiary/aromatic N) is 1. The fourth-order valence-corrected chi connectivity index (χ4v) is 5.09. The van der Waals surface area contributed by atoms with E-state index in [4.69, 9.17) is 4.74 Å². The first kappa shape index (κ1) is 28.4. The van der Waals surface area contributed by atoms with Crippen LogP contribution in [0.3, 0.4) is 0 Å². The second-order valence-corrected chi connectivity index (χ2v) is 9.96. The average molecular weight is 567 g/mol. The van der Waals surface area contributed by atoms with E-state index in [1.807, 2.05) is 0 Å². The largest absolute Gasteiger partial charge is 0.476 e. The molecule has 2 aromatic heterocycles. The van der Waals surface area contributed by atoms with Crippen molar-refractivity contribution in [2.45, 2.75) is 25.4 Å². The van der Waals surface area contributed by atoms with E-state index < -0.39 is 18.4 Å². The molecule has 1 saturated heterocycles. The zero-order chi connectivity index (χ0) is 28.8. The van der Waals surface area contributed by atoms with Crippen LogP contribution in [-0.2, 0) is 4.79 Å². The first-order valence-corrected chi connectivity index (χ1v) is 13.5. The molecule has 0 spiro atoms. The minimum atomic E-state index is -4.48. The number of aromatic nitrogens is 2. The molecular formula is C31H30F4N4O2. The standard InChI is InChI=1S/C31H30F4N4O2/c32-26-19-38-27-8-6-22(16-24(26)27)29(25(17-31(33,34)35)20-4-2-1-3-5-20)23-7-9-28(39-18-23)41-15-14-36-12-10-21-11-13-37-30(21)40/h1-9,16,18-19,21,36,38H,10-15,17H2,(H,37,40). The number of amides is 1. The number of aromatic amines is 1. The zero-order valence-corrected chi connectivity index (χ0v) is 22.2. The summed E-state index contributed by atoms with van der Waals surface area (Å²) >= 11 is 0. The highest BCUT2D eigenvalue weighted by atomic mass is 19.4. The first-order chi connectivity index (χ1) is 19.8.